The van der Waals surface area contributed by atoms with E-state index in [1.807, 2.05) is 37.3 Å². The first-order chi connectivity index (χ1) is 12.9. The van der Waals surface area contributed by atoms with Crippen LogP contribution in [0.1, 0.15) is 35.7 Å². The summed E-state index contributed by atoms with van der Waals surface area (Å²) in [5.74, 6) is -0.188. The minimum atomic E-state index is -3.56. The average molecular weight is 451 g/mol. The Hall–Kier alpha value is -1.70. The summed E-state index contributed by atoms with van der Waals surface area (Å²) in [7, 11) is -3.56. The van der Waals surface area contributed by atoms with Gasteiger partial charge in [0.25, 0.3) is 5.91 Å². The van der Waals surface area contributed by atoms with Gasteiger partial charge in [0.1, 0.15) is 0 Å². The molecule has 1 aliphatic heterocycles. The summed E-state index contributed by atoms with van der Waals surface area (Å²) in [6.07, 6.45) is 1.75. The number of amides is 1. The zero-order valence-corrected chi connectivity index (χ0v) is 17.7. The first-order valence-electron chi connectivity index (χ1n) is 9.06. The van der Waals surface area contributed by atoms with Crippen LogP contribution < -0.4 is 0 Å². The van der Waals surface area contributed by atoms with Crippen molar-refractivity contribution in [1.29, 1.82) is 0 Å². The molecule has 0 unspecified atom stereocenters. The molecule has 1 amide bonds. The lowest BCUT2D eigenvalue weighted by molar-refractivity contribution is 0.0751. The molecule has 1 saturated heterocycles. The predicted octanol–water partition coefficient (Wildman–Crippen LogP) is 3.90. The van der Waals surface area contributed by atoms with Crippen molar-refractivity contribution in [1.82, 2.24) is 9.21 Å². The molecule has 0 aromatic heterocycles. The number of sulfonamides is 1. The molecule has 7 heteroatoms. The number of halogens is 1. The SMILES string of the molecule is CCN(Cc1ccccc1)C(=O)c1cc(S(=O)(=O)N2CCCC2)ccc1Br. The maximum Gasteiger partial charge on any atom is 0.255 e. The van der Waals surface area contributed by atoms with Crippen LogP contribution in [0, 0.1) is 0 Å². The van der Waals surface area contributed by atoms with Gasteiger partial charge in [-0.2, -0.15) is 4.31 Å². The maximum atomic E-state index is 13.1. The van der Waals surface area contributed by atoms with Crippen molar-refractivity contribution >= 4 is 31.9 Å². The molecule has 27 heavy (non-hydrogen) atoms. The number of carbonyl (C=O) groups excluding carboxylic acids is 1. The molecule has 5 nitrogen and oxygen atoms in total. The number of hydrogen-bond acceptors (Lipinski definition) is 3. The summed E-state index contributed by atoms with van der Waals surface area (Å²) in [5.41, 5.74) is 1.40. The van der Waals surface area contributed by atoms with Gasteiger partial charge in [-0.15, -0.1) is 0 Å². The highest BCUT2D eigenvalue weighted by Crippen LogP contribution is 2.26. The number of carbonyl (C=O) groups is 1. The second-order valence-corrected chi connectivity index (χ2v) is 9.35. The zero-order chi connectivity index (χ0) is 19.4. The third-order valence-corrected chi connectivity index (χ3v) is 7.34. The number of nitrogens with zero attached hydrogens (tertiary/aromatic N) is 2. The van der Waals surface area contributed by atoms with E-state index in [1.54, 1.807) is 17.0 Å². The van der Waals surface area contributed by atoms with Crippen LogP contribution in [0.5, 0.6) is 0 Å². The first-order valence-corrected chi connectivity index (χ1v) is 11.3. The van der Waals surface area contributed by atoms with Crippen molar-refractivity contribution in [2.45, 2.75) is 31.2 Å². The molecule has 0 spiro atoms. The first kappa shape index (κ1) is 20.0. The average Bonchev–Trinajstić information content (AvgIpc) is 3.22. The molecule has 2 aromatic rings. The van der Waals surface area contributed by atoms with Crippen LogP contribution in [0.3, 0.4) is 0 Å². The topological polar surface area (TPSA) is 57.7 Å². The van der Waals surface area contributed by atoms with Gasteiger partial charge in [-0.1, -0.05) is 30.3 Å². The third-order valence-electron chi connectivity index (χ3n) is 4.76. The highest BCUT2D eigenvalue weighted by Gasteiger charge is 2.29. The van der Waals surface area contributed by atoms with Crippen LogP contribution in [0.15, 0.2) is 57.9 Å². The van der Waals surface area contributed by atoms with Crippen molar-refractivity contribution in [2.75, 3.05) is 19.6 Å². The van der Waals surface area contributed by atoms with Crippen molar-refractivity contribution in [3.63, 3.8) is 0 Å². The van der Waals surface area contributed by atoms with Gasteiger partial charge in [-0.3, -0.25) is 4.79 Å². The van der Waals surface area contributed by atoms with Crippen LogP contribution in [0.4, 0.5) is 0 Å². The molecule has 0 saturated carbocycles. The second-order valence-electron chi connectivity index (χ2n) is 6.56. The minimum Gasteiger partial charge on any atom is -0.335 e. The Morgan fingerprint density at radius 2 is 1.78 bits per heavy atom. The molecular weight excluding hydrogens is 428 g/mol. The maximum absolute atomic E-state index is 13.1. The Kier molecular flexibility index (Phi) is 6.34. The molecular formula is C20H23BrN2O3S. The van der Waals surface area contributed by atoms with Gasteiger partial charge < -0.3 is 4.90 Å². The van der Waals surface area contributed by atoms with Crippen molar-refractivity contribution in [3.8, 4) is 0 Å². The standard InChI is InChI=1S/C20H23BrN2O3S/c1-2-22(15-16-8-4-3-5-9-16)20(24)18-14-17(10-11-19(18)21)27(25,26)23-12-6-7-13-23/h3-5,8-11,14H,2,6-7,12-13,15H2,1H3. The molecule has 3 rings (SSSR count). The van der Waals surface area contributed by atoms with Crippen LogP contribution >= 0.6 is 15.9 Å². The van der Waals surface area contributed by atoms with Gasteiger partial charge in [-0.25, -0.2) is 8.42 Å². The Balaban J connectivity index is 1.89. The van der Waals surface area contributed by atoms with Crippen LogP contribution in [0.25, 0.3) is 0 Å². The van der Waals surface area contributed by atoms with Crippen molar-refractivity contribution in [3.05, 3.63) is 64.1 Å². The van der Waals surface area contributed by atoms with E-state index < -0.39 is 10.0 Å². The highest BCUT2D eigenvalue weighted by atomic mass is 79.9. The van der Waals surface area contributed by atoms with E-state index in [0.29, 0.717) is 36.2 Å². The summed E-state index contributed by atoms with van der Waals surface area (Å²) < 4.78 is 27.8. The largest absolute Gasteiger partial charge is 0.335 e. The quantitative estimate of drug-likeness (QED) is 0.670. The summed E-state index contributed by atoms with van der Waals surface area (Å²) in [4.78, 5) is 15.0. The summed E-state index contributed by atoms with van der Waals surface area (Å²) >= 11 is 3.41. The molecule has 1 aliphatic rings. The second kappa shape index (κ2) is 8.54. The van der Waals surface area contributed by atoms with Gasteiger partial charge >= 0.3 is 0 Å². The Labute approximate surface area is 169 Å². The number of hydrogen-bond donors (Lipinski definition) is 0. The van der Waals surface area contributed by atoms with E-state index in [9.17, 15) is 13.2 Å². The molecule has 0 radical (unpaired) electrons. The third kappa shape index (κ3) is 4.42. The van der Waals surface area contributed by atoms with E-state index in [4.69, 9.17) is 0 Å². The molecule has 0 bridgehead atoms. The number of rotatable bonds is 6. The fourth-order valence-corrected chi connectivity index (χ4v) is 5.17. The van der Waals surface area contributed by atoms with Gasteiger partial charge in [0, 0.05) is 30.7 Å². The van der Waals surface area contributed by atoms with Gasteiger partial charge in [0.05, 0.1) is 10.5 Å². The fraction of sp³-hybridized carbons (Fsp3) is 0.350. The smallest absolute Gasteiger partial charge is 0.255 e. The lowest BCUT2D eigenvalue weighted by Gasteiger charge is -2.22. The van der Waals surface area contributed by atoms with Gasteiger partial charge in [0.2, 0.25) is 10.0 Å². The van der Waals surface area contributed by atoms with Crippen LogP contribution in [-0.2, 0) is 16.6 Å². The highest BCUT2D eigenvalue weighted by molar-refractivity contribution is 9.10. The van der Waals surface area contributed by atoms with E-state index in [2.05, 4.69) is 15.9 Å². The fourth-order valence-electron chi connectivity index (χ4n) is 3.21. The van der Waals surface area contributed by atoms with Gasteiger partial charge in [0.15, 0.2) is 0 Å². The summed E-state index contributed by atoms with van der Waals surface area (Å²) in [6.45, 7) is 4.00. The lowest BCUT2D eigenvalue weighted by atomic mass is 10.1. The predicted molar refractivity (Wildman–Crippen MR) is 109 cm³/mol. The van der Waals surface area contributed by atoms with Crippen molar-refractivity contribution in [2.24, 2.45) is 0 Å². The Morgan fingerprint density at radius 1 is 1.11 bits per heavy atom. The van der Waals surface area contributed by atoms with Gasteiger partial charge in [-0.05, 0) is 59.5 Å². The lowest BCUT2D eigenvalue weighted by Crippen LogP contribution is -2.31. The molecule has 0 N–H and O–H groups in total. The van der Waals surface area contributed by atoms with E-state index >= 15 is 0 Å². The van der Waals surface area contributed by atoms with Crippen LogP contribution in [-0.4, -0.2) is 43.2 Å². The van der Waals surface area contributed by atoms with E-state index in [-0.39, 0.29) is 10.8 Å². The van der Waals surface area contributed by atoms with E-state index in [1.165, 1.54) is 10.4 Å². The molecule has 0 atom stereocenters. The normalized spacial score (nSPS) is 15.0. The molecule has 1 fully saturated rings. The molecule has 1 heterocycles. The van der Waals surface area contributed by atoms with E-state index in [0.717, 1.165) is 18.4 Å². The minimum absolute atomic E-state index is 0.173. The molecule has 0 aliphatic carbocycles. The molecule has 2 aromatic carbocycles. The Morgan fingerprint density at radius 3 is 2.41 bits per heavy atom. The van der Waals surface area contributed by atoms with Crippen LogP contribution in [0.2, 0.25) is 0 Å². The summed E-state index contributed by atoms with van der Waals surface area (Å²) in [6, 6.07) is 14.4. The zero-order valence-electron chi connectivity index (χ0n) is 15.3. The molecule has 144 valence electrons. The van der Waals surface area contributed by atoms with Crippen molar-refractivity contribution < 1.29 is 13.2 Å². The monoisotopic (exact) mass is 450 g/mol. The Bertz CT molecular complexity index is 910. The summed E-state index contributed by atoms with van der Waals surface area (Å²) in [5, 5.41) is 0. The number of benzene rings is 2.